The third kappa shape index (κ3) is 4.59. The van der Waals surface area contributed by atoms with Gasteiger partial charge in [0.25, 0.3) is 0 Å². The van der Waals surface area contributed by atoms with Crippen molar-refractivity contribution in [2.75, 3.05) is 38.2 Å². The van der Waals surface area contributed by atoms with Crippen molar-refractivity contribution < 1.29 is 9.53 Å². The third-order valence-corrected chi connectivity index (χ3v) is 7.19. The highest BCUT2D eigenvalue weighted by Crippen LogP contribution is 2.36. The molecule has 1 saturated heterocycles. The highest BCUT2D eigenvalue weighted by atomic mass is 16.5. The molecule has 0 radical (unpaired) electrons. The minimum absolute atomic E-state index is 0.185. The monoisotopic (exact) mass is 434 g/mol. The maximum Gasteiger partial charge on any atom is 0.227 e. The number of piperidine rings is 1. The van der Waals surface area contributed by atoms with Crippen LogP contribution in [0.1, 0.15) is 60.7 Å². The highest BCUT2D eigenvalue weighted by Gasteiger charge is 2.31. The third-order valence-electron chi connectivity index (χ3n) is 7.19. The molecule has 32 heavy (non-hydrogen) atoms. The molecule has 1 saturated carbocycles. The van der Waals surface area contributed by atoms with Crippen LogP contribution in [0.25, 0.3) is 0 Å². The van der Waals surface area contributed by atoms with Crippen molar-refractivity contribution in [1.82, 2.24) is 14.9 Å². The molecule has 3 aliphatic rings. The Morgan fingerprint density at radius 2 is 1.91 bits per heavy atom. The second-order valence-corrected chi connectivity index (χ2v) is 9.67. The molecule has 1 amide bonds. The molecule has 5 rings (SSSR count). The topological polar surface area (TPSA) is 58.6 Å². The van der Waals surface area contributed by atoms with E-state index in [2.05, 4.69) is 11.8 Å². The molecule has 1 aliphatic carbocycles. The molecule has 1 aromatic carbocycles. The lowest BCUT2D eigenvalue weighted by Crippen LogP contribution is -2.40. The molecule has 2 aromatic rings. The van der Waals surface area contributed by atoms with Gasteiger partial charge in [-0.3, -0.25) is 4.79 Å². The van der Waals surface area contributed by atoms with Crippen LogP contribution in [0.5, 0.6) is 5.75 Å². The van der Waals surface area contributed by atoms with Crippen LogP contribution in [-0.2, 0) is 17.6 Å². The molecular weight excluding hydrogens is 400 g/mol. The SMILES string of the molecule is COc1ccc(CC(=O)N2CCC[C@@H](c3nc(C)c4c(n3)N(CC3CC3)CCC4)C2)cc1. The normalized spacial score (nSPS) is 20.8. The molecule has 0 bridgehead atoms. The van der Waals surface area contributed by atoms with E-state index < -0.39 is 0 Å². The van der Waals surface area contributed by atoms with Crippen molar-refractivity contribution in [3.63, 3.8) is 0 Å². The minimum Gasteiger partial charge on any atom is -0.497 e. The smallest absolute Gasteiger partial charge is 0.227 e. The number of benzene rings is 1. The number of carbonyl (C=O) groups is 1. The van der Waals surface area contributed by atoms with Crippen LogP contribution in [0, 0.1) is 12.8 Å². The fourth-order valence-corrected chi connectivity index (χ4v) is 5.13. The van der Waals surface area contributed by atoms with Gasteiger partial charge in [0.2, 0.25) is 5.91 Å². The number of methoxy groups -OCH3 is 1. The van der Waals surface area contributed by atoms with E-state index in [4.69, 9.17) is 14.7 Å². The number of ether oxygens (including phenoxy) is 1. The number of aromatic nitrogens is 2. The molecule has 1 atom stereocenters. The van der Waals surface area contributed by atoms with Gasteiger partial charge in [-0.1, -0.05) is 12.1 Å². The van der Waals surface area contributed by atoms with Crippen molar-refractivity contribution in [1.29, 1.82) is 0 Å². The molecule has 3 heterocycles. The van der Waals surface area contributed by atoms with Gasteiger partial charge in [-0.25, -0.2) is 9.97 Å². The molecule has 6 nitrogen and oxygen atoms in total. The Hall–Kier alpha value is -2.63. The van der Waals surface area contributed by atoms with Crippen molar-refractivity contribution in [2.45, 2.75) is 57.8 Å². The summed E-state index contributed by atoms with van der Waals surface area (Å²) in [6.45, 7) is 5.93. The van der Waals surface area contributed by atoms with E-state index in [1.54, 1.807) is 7.11 Å². The first-order valence-corrected chi connectivity index (χ1v) is 12.1. The standard InChI is InChI=1S/C26H34N4O2/c1-18-23-6-4-14-30(16-20-7-8-20)26(23)28-25(27-18)21-5-3-13-29(17-21)24(31)15-19-9-11-22(32-2)12-10-19/h9-12,20-21H,3-8,13-17H2,1-2H3/t21-/m1/s1. The second-order valence-electron chi connectivity index (χ2n) is 9.67. The molecule has 170 valence electrons. The first-order valence-electron chi connectivity index (χ1n) is 12.1. The fraction of sp³-hybridized carbons (Fsp3) is 0.577. The molecule has 0 unspecified atom stereocenters. The molecule has 0 N–H and O–H groups in total. The maximum absolute atomic E-state index is 13.0. The van der Waals surface area contributed by atoms with Gasteiger partial charge in [0.1, 0.15) is 17.4 Å². The van der Waals surface area contributed by atoms with Crippen LogP contribution in [0.4, 0.5) is 5.82 Å². The van der Waals surface area contributed by atoms with Gasteiger partial charge in [0.05, 0.1) is 13.5 Å². The summed E-state index contributed by atoms with van der Waals surface area (Å²) in [5.41, 5.74) is 3.49. The lowest BCUT2D eigenvalue weighted by Gasteiger charge is -2.34. The quantitative estimate of drug-likeness (QED) is 0.690. The van der Waals surface area contributed by atoms with E-state index in [1.807, 2.05) is 29.2 Å². The Labute approximate surface area is 191 Å². The summed E-state index contributed by atoms with van der Waals surface area (Å²) in [6, 6.07) is 7.78. The van der Waals surface area contributed by atoms with Crippen LogP contribution in [0.3, 0.4) is 0 Å². The maximum atomic E-state index is 13.0. The molecule has 2 aliphatic heterocycles. The fourth-order valence-electron chi connectivity index (χ4n) is 5.13. The zero-order valence-corrected chi connectivity index (χ0v) is 19.3. The number of carbonyl (C=O) groups excluding carboxylic acids is 1. The van der Waals surface area contributed by atoms with Crippen LogP contribution in [0.15, 0.2) is 24.3 Å². The number of rotatable bonds is 6. The summed E-state index contributed by atoms with van der Waals surface area (Å²) in [7, 11) is 1.66. The molecule has 1 aromatic heterocycles. The highest BCUT2D eigenvalue weighted by molar-refractivity contribution is 5.79. The van der Waals surface area contributed by atoms with Crippen molar-refractivity contribution in [3.8, 4) is 5.75 Å². The minimum atomic E-state index is 0.185. The van der Waals surface area contributed by atoms with E-state index in [-0.39, 0.29) is 11.8 Å². The van der Waals surface area contributed by atoms with Crippen molar-refractivity contribution >= 4 is 11.7 Å². The van der Waals surface area contributed by atoms with Gasteiger partial charge in [0.15, 0.2) is 0 Å². The Balaban J connectivity index is 1.30. The Morgan fingerprint density at radius 1 is 1.09 bits per heavy atom. The number of hydrogen-bond donors (Lipinski definition) is 0. The van der Waals surface area contributed by atoms with E-state index in [0.29, 0.717) is 6.42 Å². The van der Waals surface area contributed by atoms with Crippen molar-refractivity contribution in [3.05, 3.63) is 46.9 Å². The average molecular weight is 435 g/mol. The lowest BCUT2D eigenvalue weighted by atomic mass is 9.95. The van der Waals surface area contributed by atoms with Crippen molar-refractivity contribution in [2.24, 2.45) is 5.92 Å². The molecule has 0 spiro atoms. The van der Waals surface area contributed by atoms with Crippen LogP contribution in [0.2, 0.25) is 0 Å². The number of likely N-dealkylation sites (tertiary alicyclic amines) is 1. The van der Waals surface area contributed by atoms with Crippen LogP contribution in [-0.4, -0.2) is 54.1 Å². The zero-order chi connectivity index (χ0) is 22.1. The first kappa shape index (κ1) is 21.2. The van der Waals surface area contributed by atoms with E-state index in [9.17, 15) is 4.79 Å². The lowest BCUT2D eigenvalue weighted by molar-refractivity contribution is -0.131. The number of amides is 1. The largest absolute Gasteiger partial charge is 0.497 e. The van der Waals surface area contributed by atoms with Gasteiger partial charge in [-0.05, 0) is 69.1 Å². The number of aryl methyl sites for hydroxylation is 1. The van der Waals surface area contributed by atoms with Crippen LogP contribution < -0.4 is 9.64 Å². The Bertz CT molecular complexity index is 971. The van der Waals surface area contributed by atoms with E-state index >= 15 is 0 Å². The predicted molar refractivity (Wildman–Crippen MR) is 125 cm³/mol. The molecular formula is C26H34N4O2. The van der Waals surface area contributed by atoms with Gasteiger partial charge in [-0.2, -0.15) is 0 Å². The zero-order valence-electron chi connectivity index (χ0n) is 19.3. The summed E-state index contributed by atoms with van der Waals surface area (Å²) < 4.78 is 5.22. The Morgan fingerprint density at radius 3 is 2.66 bits per heavy atom. The number of anilines is 1. The number of fused-ring (bicyclic) bond motifs is 1. The summed E-state index contributed by atoms with van der Waals surface area (Å²) in [5.74, 6) is 4.18. The van der Waals surface area contributed by atoms with Gasteiger partial charge in [-0.15, -0.1) is 0 Å². The second kappa shape index (κ2) is 9.08. The molecule has 6 heteroatoms. The summed E-state index contributed by atoms with van der Waals surface area (Å²) >= 11 is 0. The van der Waals surface area contributed by atoms with E-state index in [0.717, 1.165) is 74.2 Å². The Kier molecular flexibility index (Phi) is 6.03. The van der Waals surface area contributed by atoms with E-state index in [1.165, 1.54) is 30.6 Å². The summed E-state index contributed by atoms with van der Waals surface area (Å²) in [6.07, 6.45) is 7.47. The van der Waals surface area contributed by atoms with Gasteiger partial charge < -0.3 is 14.5 Å². The van der Waals surface area contributed by atoms with Gasteiger partial charge >= 0.3 is 0 Å². The summed E-state index contributed by atoms with van der Waals surface area (Å²) in [5, 5.41) is 0. The van der Waals surface area contributed by atoms with Crippen LogP contribution >= 0.6 is 0 Å². The summed E-state index contributed by atoms with van der Waals surface area (Å²) in [4.78, 5) is 27.6. The first-order chi connectivity index (χ1) is 15.6. The predicted octanol–water partition coefficient (Wildman–Crippen LogP) is 3.90. The average Bonchev–Trinajstić information content (AvgIpc) is 3.64. The number of hydrogen-bond acceptors (Lipinski definition) is 5. The van der Waals surface area contributed by atoms with Gasteiger partial charge in [0, 0.05) is 43.4 Å². The molecule has 2 fully saturated rings. The number of nitrogens with zero attached hydrogens (tertiary/aromatic N) is 4.